The van der Waals surface area contributed by atoms with Gasteiger partial charge in [0.15, 0.2) is 21.3 Å². The summed E-state index contributed by atoms with van der Waals surface area (Å²) < 4.78 is 44.7. The maximum Gasteiger partial charge on any atom is 0.410 e. The van der Waals surface area contributed by atoms with Crippen LogP contribution in [0, 0.1) is 5.82 Å². The number of hydrogen-bond donors (Lipinski definition) is 1. The van der Waals surface area contributed by atoms with Crippen molar-refractivity contribution in [2.45, 2.75) is 23.8 Å². The lowest BCUT2D eigenvalue weighted by atomic mass is 10.3. The first-order valence-corrected chi connectivity index (χ1v) is 12.3. The molecule has 0 radical (unpaired) electrons. The van der Waals surface area contributed by atoms with Gasteiger partial charge in [-0.15, -0.1) is 0 Å². The zero-order valence-corrected chi connectivity index (χ0v) is 18.6. The van der Waals surface area contributed by atoms with Gasteiger partial charge in [0.25, 0.3) is 0 Å². The third-order valence-corrected chi connectivity index (χ3v) is 6.67. The Labute approximate surface area is 189 Å². The number of nitrogens with one attached hydrogen (secondary N) is 1. The number of ether oxygens (including phenoxy) is 1. The summed E-state index contributed by atoms with van der Waals surface area (Å²) in [6, 6.07) is 3.63. The molecule has 1 aromatic carbocycles. The molecule has 1 amide bonds. The molecule has 33 heavy (non-hydrogen) atoms. The zero-order valence-electron chi connectivity index (χ0n) is 17.8. The summed E-state index contributed by atoms with van der Waals surface area (Å²) in [6.45, 7) is 2.17. The minimum atomic E-state index is -3.52. The van der Waals surface area contributed by atoms with E-state index in [-0.39, 0.29) is 28.7 Å². The van der Waals surface area contributed by atoms with Gasteiger partial charge in [0.1, 0.15) is 24.6 Å². The van der Waals surface area contributed by atoms with Gasteiger partial charge in [-0.1, -0.05) is 0 Å². The lowest BCUT2D eigenvalue weighted by Crippen LogP contribution is -2.49. The number of hydrogen-bond acceptors (Lipinski definition) is 9. The molecule has 11 nitrogen and oxygen atoms in total. The fourth-order valence-corrected chi connectivity index (χ4v) is 4.21. The summed E-state index contributed by atoms with van der Waals surface area (Å²) in [4.78, 5) is 28.7. The number of rotatable bonds is 5. The van der Waals surface area contributed by atoms with Crippen molar-refractivity contribution >= 4 is 39.0 Å². The van der Waals surface area contributed by atoms with E-state index in [1.165, 1.54) is 24.8 Å². The second-order valence-corrected chi connectivity index (χ2v) is 10.1. The number of amides is 1. The molecule has 3 aromatic rings. The van der Waals surface area contributed by atoms with Crippen molar-refractivity contribution in [2.75, 3.05) is 42.7 Å². The molecule has 1 aliphatic heterocycles. The Kier molecular flexibility index (Phi) is 5.27. The van der Waals surface area contributed by atoms with E-state index in [0.29, 0.717) is 37.6 Å². The molecule has 5 rings (SSSR count). The molecule has 1 saturated carbocycles. The van der Waals surface area contributed by atoms with Gasteiger partial charge in [-0.3, -0.25) is 4.40 Å². The smallest absolute Gasteiger partial charge is 0.410 e. The quantitative estimate of drug-likeness (QED) is 0.589. The third-order valence-electron chi connectivity index (χ3n) is 5.56. The van der Waals surface area contributed by atoms with Crippen molar-refractivity contribution in [1.29, 1.82) is 0 Å². The second kappa shape index (κ2) is 8.14. The summed E-state index contributed by atoms with van der Waals surface area (Å²) in [6.07, 6.45) is 5.57. The summed E-state index contributed by atoms with van der Waals surface area (Å²) in [5.41, 5.74) is 0.593. The molecule has 2 fully saturated rings. The van der Waals surface area contributed by atoms with Crippen LogP contribution in [0.3, 0.4) is 0 Å². The highest BCUT2D eigenvalue weighted by atomic mass is 32.2. The molecule has 174 valence electrons. The molecular formula is C20H22FN7O4S. The minimum Gasteiger partial charge on any atom is -0.446 e. The maximum atomic E-state index is 14.5. The molecule has 1 N–H and O–H groups in total. The molecule has 0 atom stereocenters. The van der Waals surface area contributed by atoms with Gasteiger partial charge in [0, 0.05) is 32.4 Å². The molecule has 2 aliphatic rings. The normalized spacial score (nSPS) is 16.8. The van der Waals surface area contributed by atoms with Gasteiger partial charge in [0.2, 0.25) is 5.95 Å². The van der Waals surface area contributed by atoms with Gasteiger partial charge in [-0.2, -0.15) is 0 Å². The van der Waals surface area contributed by atoms with Gasteiger partial charge < -0.3 is 19.9 Å². The van der Waals surface area contributed by atoms with Gasteiger partial charge in [0.05, 0.1) is 10.6 Å². The predicted octanol–water partition coefficient (Wildman–Crippen LogP) is 1.83. The van der Waals surface area contributed by atoms with E-state index in [0.717, 1.165) is 25.2 Å². The Morgan fingerprint density at radius 2 is 1.91 bits per heavy atom. The van der Waals surface area contributed by atoms with Crippen molar-refractivity contribution in [3.63, 3.8) is 0 Å². The zero-order chi connectivity index (χ0) is 23.2. The molecule has 1 aliphatic carbocycles. The van der Waals surface area contributed by atoms with E-state index >= 15 is 0 Å². The lowest BCUT2D eigenvalue weighted by Gasteiger charge is -2.34. The van der Waals surface area contributed by atoms with Crippen LogP contribution in [-0.4, -0.2) is 77.3 Å². The molecular weight excluding hydrogens is 453 g/mol. The van der Waals surface area contributed by atoms with Crippen LogP contribution in [-0.2, 0) is 14.6 Å². The Bertz CT molecular complexity index is 1320. The highest BCUT2D eigenvalue weighted by Gasteiger charge is 2.31. The Balaban J connectivity index is 1.33. The van der Waals surface area contributed by atoms with E-state index < -0.39 is 15.7 Å². The number of imidazole rings is 1. The number of sulfone groups is 1. The van der Waals surface area contributed by atoms with E-state index in [2.05, 4.69) is 20.3 Å². The van der Waals surface area contributed by atoms with Crippen LogP contribution in [0.1, 0.15) is 12.8 Å². The Morgan fingerprint density at radius 1 is 1.15 bits per heavy atom. The van der Waals surface area contributed by atoms with E-state index in [9.17, 15) is 17.6 Å². The fourth-order valence-electron chi connectivity index (χ4n) is 3.58. The number of carbonyl (C=O) groups excluding carboxylic acids is 1. The van der Waals surface area contributed by atoms with Crippen molar-refractivity contribution in [1.82, 2.24) is 24.3 Å². The van der Waals surface area contributed by atoms with Crippen LogP contribution in [0.5, 0.6) is 0 Å². The third kappa shape index (κ3) is 4.40. The molecule has 0 unspecified atom stereocenters. The van der Waals surface area contributed by atoms with E-state index in [1.54, 1.807) is 9.30 Å². The summed E-state index contributed by atoms with van der Waals surface area (Å²) in [7, 11) is -3.52. The average molecular weight is 476 g/mol. The molecule has 3 heterocycles. The Morgan fingerprint density at radius 3 is 2.58 bits per heavy atom. The molecule has 1 saturated heterocycles. The molecule has 13 heteroatoms. The monoisotopic (exact) mass is 475 g/mol. The van der Waals surface area contributed by atoms with Gasteiger partial charge in [-0.25, -0.2) is 32.6 Å². The number of aromatic nitrogens is 4. The number of piperazine rings is 1. The van der Waals surface area contributed by atoms with Crippen LogP contribution >= 0.6 is 0 Å². The minimum absolute atomic E-state index is 0.0699. The fraction of sp³-hybridized carbons (Fsp3) is 0.400. The number of fused-ring (bicyclic) bond motifs is 1. The molecule has 2 aromatic heterocycles. The topological polar surface area (TPSA) is 122 Å². The van der Waals surface area contributed by atoms with Gasteiger partial charge in [-0.05, 0) is 31.0 Å². The van der Waals surface area contributed by atoms with Crippen LogP contribution in [0.15, 0.2) is 35.7 Å². The number of anilines is 3. The van der Waals surface area contributed by atoms with Crippen LogP contribution in [0.25, 0.3) is 5.65 Å². The number of carbonyl (C=O) groups is 1. The largest absolute Gasteiger partial charge is 0.446 e. The van der Waals surface area contributed by atoms with Crippen molar-refractivity contribution in [3.05, 3.63) is 36.7 Å². The highest BCUT2D eigenvalue weighted by molar-refractivity contribution is 7.90. The standard InChI is InChI=1S/C20H22FN7O4S/c1-33(30,31)14-4-5-16(15(21)10-14)25-19-23-11-22-18-17(24-12-28(18)19)26-6-8-27(9-7-26)20(29)32-13-2-3-13/h4-5,10-13H,2-3,6-9H2,1H3,(H,22,23,25). The molecule has 0 bridgehead atoms. The number of nitrogens with zero attached hydrogens (tertiary/aromatic N) is 6. The van der Waals surface area contributed by atoms with Crippen molar-refractivity contribution in [3.8, 4) is 0 Å². The first-order valence-electron chi connectivity index (χ1n) is 10.4. The number of halogens is 1. The Hall–Kier alpha value is -3.48. The first kappa shape index (κ1) is 21.4. The lowest BCUT2D eigenvalue weighted by molar-refractivity contribution is 0.0938. The van der Waals surface area contributed by atoms with Crippen LogP contribution in [0.4, 0.5) is 26.6 Å². The average Bonchev–Trinajstić information content (AvgIpc) is 3.49. The summed E-state index contributed by atoms with van der Waals surface area (Å²) >= 11 is 0. The van der Waals surface area contributed by atoms with Crippen molar-refractivity contribution < 1.29 is 22.3 Å². The van der Waals surface area contributed by atoms with Gasteiger partial charge >= 0.3 is 6.09 Å². The van der Waals surface area contributed by atoms with E-state index in [4.69, 9.17) is 4.74 Å². The molecule has 0 spiro atoms. The first-order chi connectivity index (χ1) is 15.8. The SMILES string of the molecule is CS(=O)(=O)c1ccc(Nc2ncnc3c(N4CCN(C(=O)OC5CC5)CC4)ncn23)c(F)c1. The number of benzene rings is 1. The van der Waals surface area contributed by atoms with Crippen LogP contribution in [0.2, 0.25) is 0 Å². The van der Waals surface area contributed by atoms with Crippen LogP contribution < -0.4 is 10.2 Å². The van der Waals surface area contributed by atoms with Crippen molar-refractivity contribution in [2.24, 2.45) is 0 Å². The summed E-state index contributed by atoms with van der Waals surface area (Å²) in [5, 5.41) is 2.87. The second-order valence-electron chi connectivity index (χ2n) is 8.06. The van der Waals surface area contributed by atoms with E-state index in [1.807, 2.05) is 4.90 Å². The predicted molar refractivity (Wildman–Crippen MR) is 117 cm³/mol. The summed E-state index contributed by atoms with van der Waals surface area (Å²) in [5.74, 6) is 0.180. The highest BCUT2D eigenvalue weighted by Crippen LogP contribution is 2.27. The maximum absolute atomic E-state index is 14.5.